The highest BCUT2D eigenvalue weighted by Gasteiger charge is 2.42. The molecule has 0 unspecified atom stereocenters. The molecule has 5 amide bonds. The van der Waals surface area contributed by atoms with Gasteiger partial charge in [0.2, 0.25) is 23.6 Å². The van der Waals surface area contributed by atoms with E-state index in [1.54, 1.807) is 12.1 Å². The fourth-order valence-corrected chi connectivity index (χ4v) is 13.6. The number of hydrogen-bond acceptors (Lipinski definition) is 9. The summed E-state index contributed by atoms with van der Waals surface area (Å²) >= 11 is 0. The van der Waals surface area contributed by atoms with Gasteiger partial charge in [-0.3, -0.25) is 19.2 Å². The first-order chi connectivity index (χ1) is 47.5. The molecule has 10 aromatic carbocycles. The van der Waals surface area contributed by atoms with Crippen molar-refractivity contribution in [1.29, 1.82) is 0 Å². The number of ether oxygens (including phenoxy) is 1. The van der Waals surface area contributed by atoms with Crippen LogP contribution in [0.4, 0.5) is 16.3 Å². The van der Waals surface area contributed by atoms with Gasteiger partial charge in [-0.05, 0) is 85.8 Å². The summed E-state index contributed by atoms with van der Waals surface area (Å²) in [5.41, 5.74) is 15.9. The van der Waals surface area contributed by atoms with E-state index in [4.69, 9.17) is 15.5 Å². The van der Waals surface area contributed by atoms with E-state index in [-0.39, 0.29) is 12.5 Å². The van der Waals surface area contributed by atoms with Crippen molar-refractivity contribution < 1.29 is 28.7 Å². The maximum absolute atomic E-state index is 15.7. The normalized spacial score (nSPS) is 12.6. The number of aromatic nitrogens is 3. The van der Waals surface area contributed by atoms with Crippen LogP contribution in [0.1, 0.15) is 94.4 Å². The Morgan fingerprint density at radius 2 is 0.918 bits per heavy atom. The number of hydrogen-bond donors (Lipinski definition) is 6. The zero-order valence-electron chi connectivity index (χ0n) is 53.6. The van der Waals surface area contributed by atoms with Crippen molar-refractivity contribution in [2.45, 2.75) is 74.7 Å². The molecule has 0 saturated carbocycles. The Morgan fingerprint density at radius 3 is 1.38 bits per heavy atom. The number of amides is 5. The molecule has 0 spiro atoms. The first-order valence-corrected chi connectivity index (χ1v) is 32.8. The quantitative estimate of drug-likeness (QED) is 0.0317. The van der Waals surface area contributed by atoms with Gasteiger partial charge in [-0.15, -0.1) is 0 Å². The molecule has 0 bridgehead atoms. The highest BCUT2D eigenvalue weighted by atomic mass is 16.5. The van der Waals surface area contributed by atoms with Gasteiger partial charge in [0, 0.05) is 30.0 Å². The van der Waals surface area contributed by atoms with Crippen molar-refractivity contribution in [3.05, 3.63) is 335 Å². The molecule has 0 fully saturated rings. The molecule has 2 aromatic heterocycles. The number of rotatable bonds is 24. The molecule has 1 aliphatic carbocycles. The van der Waals surface area contributed by atoms with E-state index in [2.05, 4.69) is 43.1 Å². The summed E-state index contributed by atoms with van der Waals surface area (Å²) in [4.78, 5) is 86.2. The second-order valence-electron chi connectivity index (χ2n) is 24.4. The van der Waals surface area contributed by atoms with Crippen molar-refractivity contribution in [3.63, 3.8) is 0 Å². The van der Waals surface area contributed by atoms with Gasteiger partial charge in [0.15, 0.2) is 5.82 Å². The summed E-state index contributed by atoms with van der Waals surface area (Å²) < 4.78 is 8.26. The van der Waals surface area contributed by atoms with Crippen molar-refractivity contribution in [2.75, 3.05) is 17.7 Å². The van der Waals surface area contributed by atoms with Gasteiger partial charge < -0.3 is 41.6 Å². The zero-order chi connectivity index (χ0) is 66.7. The summed E-state index contributed by atoms with van der Waals surface area (Å²) in [6.07, 6.45) is 0.371. The van der Waals surface area contributed by atoms with Crippen LogP contribution in [0, 0.1) is 0 Å². The van der Waals surface area contributed by atoms with E-state index in [1.807, 2.05) is 267 Å². The second kappa shape index (κ2) is 28.7. The number of nitrogen functional groups attached to an aromatic ring is 1. The number of carbonyl (C=O) groups is 5. The Hall–Kier alpha value is -12.0. The molecule has 2 atom stereocenters. The molecule has 2 heterocycles. The lowest BCUT2D eigenvalue weighted by Gasteiger charge is -2.37. The first kappa shape index (κ1) is 63.8. The number of benzene rings is 10. The summed E-state index contributed by atoms with van der Waals surface area (Å²) in [6.45, 7) is 2.46. The topological polar surface area (TPSA) is 211 Å². The van der Waals surface area contributed by atoms with Gasteiger partial charge in [-0.25, -0.2) is 14.8 Å². The number of nitrogens with two attached hydrogens (primary N) is 1. The van der Waals surface area contributed by atoms with Crippen molar-refractivity contribution in [1.82, 2.24) is 35.8 Å². The number of unbranched alkanes of at least 4 members (excludes halogenated alkanes) is 1. The van der Waals surface area contributed by atoms with Crippen LogP contribution in [-0.4, -0.2) is 62.9 Å². The highest BCUT2D eigenvalue weighted by molar-refractivity contribution is 6.07. The number of fused-ring (bicyclic) bond motifs is 6. The largest absolute Gasteiger partial charge is 0.449 e. The molecule has 1 aliphatic rings. The maximum Gasteiger partial charge on any atom is 0.407 e. The third-order valence-corrected chi connectivity index (χ3v) is 18.3. The highest BCUT2D eigenvalue weighted by Crippen LogP contribution is 2.45. The van der Waals surface area contributed by atoms with Gasteiger partial charge in [-0.1, -0.05) is 274 Å². The maximum atomic E-state index is 15.7. The van der Waals surface area contributed by atoms with Crippen LogP contribution in [-0.2, 0) is 48.0 Å². The van der Waals surface area contributed by atoms with Gasteiger partial charge >= 0.3 is 6.09 Å². The Morgan fingerprint density at radius 1 is 0.495 bits per heavy atom. The minimum Gasteiger partial charge on any atom is -0.449 e. The van der Waals surface area contributed by atoms with Gasteiger partial charge in [-0.2, -0.15) is 0 Å². The lowest BCUT2D eigenvalue weighted by atomic mass is 9.77. The SMILES string of the molecule is CCCCc1nc2c(N)nc3ccccc3c2n1Cc1ccc(NC(=O)[C@H](CC(=O)NC(c2ccccc2)(c2ccccc2)c2ccccc2)NC(=O)[C@H](CC(=O)NC(c2ccccc2)(c2ccccc2)c2ccccc2)NC(=O)OCC2c3ccccc3-c3ccccc32)cc1. The van der Waals surface area contributed by atoms with Crippen LogP contribution in [0.15, 0.2) is 279 Å². The summed E-state index contributed by atoms with van der Waals surface area (Å²) in [6, 6.07) is 84.9. The third-order valence-electron chi connectivity index (χ3n) is 18.3. The standard InChI is InChI=1S/C82H73N9O6/c1-2-3-46-72-88-75-76(67-44-26-27-45-69(67)85-77(75)83)91(72)53-55-47-49-62(50-48-55)84-78(94)70(51-73(92)89-81(56-28-10-4-11-29-56,57-30-12-5-13-31-57)58-32-14-6-15-33-58)86-79(95)71(87-80(96)97-54-68-65-42-24-22-40-63(65)64-41-23-25-43-66(64)68)52-74(93)90-82(59-34-16-7-17-35-59,60-36-18-8-19-37-60)61-38-20-9-21-39-61/h4-45,47-50,68,70-71H,2-3,46,51-54H2,1H3,(H2,83,85)(H,84,94)(H,86,95)(H,87,96)(H,89,92)(H,90,93)/t70-,71-/m0/s1. The Labute approximate surface area is 563 Å². The minimum absolute atomic E-state index is 0.0997. The number of carbonyl (C=O) groups excluding carboxylic acids is 5. The Kier molecular flexibility index (Phi) is 18.9. The van der Waals surface area contributed by atoms with Crippen LogP contribution in [0.25, 0.3) is 33.1 Å². The monoisotopic (exact) mass is 1280 g/mol. The first-order valence-electron chi connectivity index (χ1n) is 32.8. The number of nitrogens with one attached hydrogen (secondary N) is 5. The van der Waals surface area contributed by atoms with Gasteiger partial charge in [0.1, 0.15) is 41.1 Å². The lowest BCUT2D eigenvalue weighted by molar-refractivity contribution is -0.132. The molecule has 15 heteroatoms. The van der Waals surface area contributed by atoms with E-state index in [0.29, 0.717) is 23.6 Å². The smallest absolute Gasteiger partial charge is 0.407 e. The number of nitrogens with zero attached hydrogens (tertiary/aromatic N) is 3. The third kappa shape index (κ3) is 13.3. The molecule has 482 valence electrons. The molecular formula is C82H73N9O6. The molecule has 0 radical (unpaired) electrons. The zero-order valence-corrected chi connectivity index (χ0v) is 53.6. The number of imidazole rings is 1. The average molecular weight is 1280 g/mol. The second-order valence-corrected chi connectivity index (χ2v) is 24.4. The van der Waals surface area contributed by atoms with Crippen molar-refractivity contribution in [2.24, 2.45) is 0 Å². The van der Waals surface area contributed by atoms with Crippen LogP contribution >= 0.6 is 0 Å². The fraction of sp³-hybridized carbons (Fsp3) is 0.159. The van der Waals surface area contributed by atoms with Crippen LogP contribution in [0.2, 0.25) is 0 Å². The van der Waals surface area contributed by atoms with Crippen LogP contribution in [0.3, 0.4) is 0 Å². The molecule has 15 nitrogen and oxygen atoms in total. The fourth-order valence-electron chi connectivity index (χ4n) is 13.6. The molecule has 0 saturated heterocycles. The molecule has 0 aliphatic heterocycles. The molecule has 13 rings (SSSR count). The van der Waals surface area contributed by atoms with Crippen LogP contribution < -0.4 is 32.3 Å². The van der Waals surface area contributed by atoms with E-state index in [9.17, 15) is 4.79 Å². The average Bonchev–Trinajstić information content (AvgIpc) is 1.68. The van der Waals surface area contributed by atoms with Gasteiger partial charge in [0.05, 0.1) is 23.9 Å². The Bertz CT molecular complexity index is 4530. The number of anilines is 2. The summed E-state index contributed by atoms with van der Waals surface area (Å²) in [5.74, 6) is -2.05. The molecule has 12 aromatic rings. The molecular weight excluding hydrogens is 1210 g/mol. The van der Waals surface area contributed by atoms with Gasteiger partial charge in [0.25, 0.3) is 0 Å². The van der Waals surface area contributed by atoms with Crippen molar-refractivity contribution in [3.8, 4) is 11.1 Å². The summed E-state index contributed by atoms with van der Waals surface area (Å²) in [5, 5.41) is 16.2. The lowest BCUT2D eigenvalue weighted by Crippen LogP contribution is -2.57. The number of alkyl carbamates (subject to hydrolysis) is 1. The van der Waals surface area contributed by atoms with Crippen LogP contribution in [0.5, 0.6) is 0 Å². The van der Waals surface area contributed by atoms with E-state index in [1.165, 1.54) is 0 Å². The molecule has 97 heavy (non-hydrogen) atoms. The Balaban J connectivity index is 0.850. The number of aryl methyl sites for hydroxylation is 1. The van der Waals surface area contributed by atoms with E-state index >= 15 is 19.2 Å². The number of para-hydroxylation sites is 1. The minimum atomic E-state index is -1.69. The predicted molar refractivity (Wildman–Crippen MR) is 380 cm³/mol. The van der Waals surface area contributed by atoms with E-state index < -0.39 is 65.7 Å². The molecule has 7 N–H and O–H groups in total. The summed E-state index contributed by atoms with van der Waals surface area (Å²) in [7, 11) is 0. The number of pyridine rings is 1. The van der Waals surface area contributed by atoms with Crippen molar-refractivity contribution >= 4 is 63.2 Å². The van der Waals surface area contributed by atoms with E-state index in [0.717, 1.165) is 103 Å². The predicted octanol–water partition coefficient (Wildman–Crippen LogP) is 13.9.